The maximum absolute atomic E-state index is 12.3. The molecule has 0 aromatic heterocycles. The molecule has 2 rings (SSSR count). The third-order valence-corrected chi connectivity index (χ3v) is 3.21. The Bertz CT molecular complexity index is 680. The number of rotatable bonds is 7. The topological polar surface area (TPSA) is 75.6 Å². The zero-order chi connectivity index (χ0) is 16.7. The first-order chi connectivity index (χ1) is 11.2. The number of para-hydroxylation sites is 1. The highest BCUT2D eigenvalue weighted by Crippen LogP contribution is 2.18. The van der Waals surface area contributed by atoms with Gasteiger partial charge in [-0.05, 0) is 42.8 Å². The maximum atomic E-state index is 12.3. The number of carbonyl (C=O) groups is 2. The Morgan fingerprint density at radius 2 is 1.78 bits per heavy atom. The third-order valence-electron chi connectivity index (χ3n) is 3.21. The number of hydrogen-bond donors (Lipinski definition) is 2. The van der Waals surface area contributed by atoms with Crippen LogP contribution < -0.4 is 10.1 Å². The van der Waals surface area contributed by atoms with Crippen molar-refractivity contribution in [1.29, 1.82) is 0 Å². The Balaban J connectivity index is 2.12. The molecule has 5 heteroatoms. The summed E-state index contributed by atoms with van der Waals surface area (Å²) >= 11 is 0. The molecule has 0 unspecified atom stereocenters. The molecule has 5 nitrogen and oxygen atoms in total. The van der Waals surface area contributed by atoms with E-state index in [4.69, 9.17) is 9.84 Å². The summed E-state index contributed by atoms with van der Waals surface area (Å²) in [5, 5.41) is 11.7. The summed E-state index contributed by atoms with van der Waals surface area (Å²) in [5.41, 5.74) is 1.12. The number of nitrogens with one attached hydrogen (secondary N) is 1. The van der Waals surface area contributed by atoms with Crippen LogP contribution in [0.2, 0.25) is 0 Å². The molecule has 0 radical (unpaired) electrons. The van der Waals surface area contributed by atoms with E-state index in [-0.39, 0.29) is 11.5 Å². The SMILES string of the molecule is CCCOc1ccc(C(=O)Nc2ccccc2C(=O)CO)cc1. The Labute approximate surface area is 134 Å². The van der Waals surface area contributed by atoms with Gasteiger partial charge in [0.1, 0.15) is 12.4 Å². The number of anilines is 1. The van der Waals surface area contributed by atoms with Crippen LogP contribution in [0.15, 0.2) is 48.5 Å². The molecule has 0 saturated heterocycles. The van der Waals surface area contributed by atoms with Crippen molar-refractivity contribution in [2.24, 2.45) is 0 Å². The summed E-state index contributed by atoms with van der Waals surface area (Å²) in [6, 6.07) is 13.4. The molecule has 1 amide bonds. The van der Waals surface area contributed by atoms with Gasteiger partial charge in [0.15, 0.2) is 5.78 Å². The smallest absolute Gasteiger partial charge is 0.255 e. The van der Waals surface area contributed by atoms with Crippen molar-refractivity contribution in [1.82, 2.24) is 0 Å². The van der Waals surface area contributed by atoms with Gasteiger partial charge in [0, 0.05) is 11.1 Å². The lowest BCUT2D eigenvalue weighted by molar-refractivity contribution is 0.0904. The molecule has 0 aliphatic rings. The summed E-state index contributed by atoms with van der Waals surface area (Å²) in [4.78, 5) is 24.0. The largest absolute Gasteiger partial charge is 0.494 e. The van der Waals surface area contributed by atoms with E-state index in [1.54, 1.807) is 48.5 Å². The second-order valence-electron chi connectivity index (χ2n) is 4.95. The van der Waals surface area contributed by atoms with Crippen molar-refractivity contribution >= 4 is 17.4 Å². The molecule has 0 heterocycles. The number of hydrogen-bond acceptors (Lipinski definition) is 4. The van der Waals surface area contributed by atoms with E-state index in [0.29, 0.717) is 23.6 Å². The highest BCUT2D eigenvalue weighted by atomic mass is 16.5. The second-order valence-corrected chi connectivity index (χ2v) is 4.95. The van der Waals surface area contributed by atoms with Crippen LogP contribution in [0.4, 0.5) is 5.69 Å². The number of ketones is 1. The van der Waals surface area contributed by atoms with Crippen molar-refractivity contribution in [3.63, 3.8) is 0 Å². The van der Waals surface area contributed by atoms with E-state index >= 15 is 0 Å². The van der Waals surface area contributed by atoms with Gasteiger partial charge in [-0.1, -0.05) is 19.1 Å². The molecule has 120 valence electrons. The average molecular weight is 313 g/mol. The molecule has 2 aromatic carbocycles. The Hall–Kier alpha value is -2.66. The van der Waals surface area contributed by atoms with Gasteiger partial charge in [-0.2, -0.15) is 0 Å². The van der Waals surface area contributed by atoms with E-state index in [1.807, 2.05) is 6.92 Å². The van der Waals surface area contributed by atoms with Crippen LogP contribution in [0, 0.1) is 0 Å². The van der Waals surface area contributed by atoms with Crippen molar-refractivity contribution < 1.29 is 19.4 Å². The lowest BCUT2D eigenvalue weighted by Crippen LogP contribution is -2.16. The van der Waals surface area contributed by atoms with Gasteiger partial charge < -0.3 is 15.2 Å². The minimum absolute atomic E-state index is 0.284. The van der Waals surface area contributed by atoms with Gasteiger partial charge in [0.25, 0.3) is 5.91 Å². The number of benzene rings is 2. The zero-order valence-corrected chi connectivity index (χ0v) is 12.9. The Kier molecular flexibility index (Phi) is 5.88. The van der Waals surface area contributed by atoms with Gasteiger partial charge >= 0.3 is 0 Å². The van der Waals surface area contributed by atoms with Gasteiger partial charge in [0.2, 0.25) is 0 Å². The highest BCUT2D eigenvalue weighted by molar-refractivity contribution is 6.09. The van der Waals surface area contributed by atoms with Crippen molar-refractivity contribution in [2.45, 2.75) is 13.3 Å². The molecule has 0 aliphatic heterocycles. The molecular weight excluding hydrogens is 294 g/mol. The maximum Gasteiger partial charge on any atom is 0.255 e. The molecule has 0 spiro atoms. The van der Waals surface area contributed by atoms with Gasteiger partial charge in [-0.15, -0.1) is 0 Å². The van der Waals surface area contributed by atoms with Crippen LogP contribution in [-0.2, 0) is 0 Å². The molecule has 0 bridgehead atoms. The van der Waals surface area contributed by atoms with Gasteiger partial charge in [-0.3, -0.25) is 9.59 Å². The van der Waals surface area contributed by atoms with Crippen LogP contribution in [-0.4, -0.2) is 30.0 Å². The van der Waals surface area contributed by atoms with E-state index < -0.39 is 12.4 Å². The lowest BCUT2D eigenvalue weighted by atomic mass is 10.1. The van der Waals surface area contributed by atoms with E-state index in [9.17, 15) is 9.59 Å². The predicted octanol–water partition coefficient (Wildman–Crippen LogP) is 2.90. The first-order valence-electron chi connectivity index (χ1n) is 7.43. The Morgan fingerprint density at radius 1 is 1.09 bits per heavy atom. The van der Waals surface area contributed by atoms with E-state index in [1.165, 1.54) is 0 Å². The predicted molar refractivity (Wildman–Crippen MR) is 88.0 cm³/mol. The fourth-order valence-electron chi connectivity index (χ4n) is 2.04. The molecule has 2 aromatic rings. The van der Waals surface area contributed by atoms with Crippen molar-refractivity contribution in [2.75, 3.05) is 18.5 Å². The minimum atomic E-state index is -0.601. The lowest BCUT2D eigenvalue weighted by Gasteiger charge is -2.10. The number of amides is 1. The van der Waals surface area contributed by atoms with E-state index in [0.717, 1.165) is 6.42 Å². The quantitative estimate of drug-likeness (QED) is 0.771. The van der Waals surface area contributed by atoms with Crippen molar-refractivity contribution in [3.05, 3.63) is 59.7 Å². The summed E-state index contributed by atoms with van der Waals surface area (Å²) < 4.78 is 5.47. The summed E-state index contributed by atoms with van der Waals surface area (Å²) in [6.45, 7) is 2.05. The standard InChI is InChI=1S/C18H19NO4/c1-2-11-23-14-9-7-13(8-10-14)18(22)19-16-6-4-3-5-15(16)17(21)12-20/h3-10,20H,2,11-12H2,1H3,(H,19,22). The minimum Gasteiger partial charge on any atom is -0.494 e. The molecule has 0 saturated carbocycles. The monoisotopic (exact) mass is 313 g/mol. The first-order valence-corrected chi connectivity index (χ1v) is 7.43. The molecule has 0 fully saturated rings. The summed E-state index contributed by atoms with van der Waals surface area (Å²) in [5.74, 6) is -0.0614. The molecule has 23 heavy (non-hydrogen) atoms. The average Bonchev–Trinajstić information content (AvgIpc) is 2.60. The normalized spacial score (nSPS) is 10.2. The third kappa shape index (κ3) is 4.40. The first kappa shape index (κ1) is 16.7. The molecule has 0 aliphatic carbocycles. The summed E-state index contributed by atoms with van der Waals surface area (Å²) in [6.07, 6.45) is 0.915. The number of Topliss-reactive ketones (excluding diaryl/α,β-unsaturated/α-hetero) is 1. The molecule has 2 N–H and O–H groups in total. The number of aliphatic hydroxyl groups excluding tert-OH is 1. The fraction of sp³-hybridized carbons (Fsp3) is 0.222. The second kappa shape index (κ2) is 8.10. The van der Waals surface area contributed by atoms with Crippen LogP contribution in [0.3, 0.4) is 0 Å². The molecule has 0 atom stereocenters. The number of aliphatic hydroxyl groups is 1. The number of ether oxygens (including phenoxy) is 1. The van der Waals surface area contributed by atoms with Gasteiger partial charge in [-0.25, -0.2) is 0 Å². The molecular formula is C18H19NO4. The van der Waals surface area contributed by atoms with Crippen LogP contribution >= 0.6 is 0 Å². The van der Waals surface area contributed by atoms with Crippen LogP contribution in [0.1, 0.15) is 34.1 Å². The van der Waals surface area contributed by atoms with Gasteiger partial charge in [0.05, 0.1) is 12.3 Å². The van der Waals surface area contributed by atoms with Crippen LogP contribution in [0.5, 0.6) is 5.75 Å². The zero-order valence-electron chi connectivity index (χ0n) is 12.9. The summed E-state index contributed by atoms with van der Waals surface area (Å²) in [7, 11) is 0. The number of carbonyl (C=O) groups excluding carboxylic acids is 2. The fourth-order valence-corrected chi connectivity index (χ4v) is 2.04. The van der Waals surface area contributed by atoms with E-state index in [2.05, 4.69) is 5.32 Å². The highest BCUT2D eigenvalue weighted by Gasteiger charge is 2.13. The Morgan fingerprint density at radius 3 is 2.43 bits per heavy atom. The van der Waals surface area contributed by atoms with Crippen molar-refractivity contribution in [3.8, 4) is 5.75 Å². The van der Waals surface area contributed by atoms with Crippen LogP contribution in [0.25, 0.3) is 0 Å².